The van der Waals surface area contributed by atoms with Gasteiger partial charge in [0.2, 0.25) is 0 Å². The second kappa shape index (κ2) is 10.9. The molecule has 3 aliphatic rings. The first-order valence-electron chi connectivity index (χ1n) is 13.4. The zero-order chi connectivity index (χ0) is 24.4. The van der Waals surface area contributed by atoms with E-state index >= 15 is 0 Å². The number of carboxylic acids is 1. The summed E-state index contributed by atoms with van der Waals surface area (Å²) in [5.74, 6) is 1.31. The summed E-state index contributed by atoms with van der Waals surface area (Å²) in [6.45, 7) is 3.91. The highest BCUT2D eigenvalue weighted by Gasteiger charge is 2.39. The Bertz CT molecular complexity index is 1040. The van der Waals surface area contributed by atoms with Gasteiger partial charge in [0.25, 0.3) is 0 Å². The molecule has 3 unspecified atom stereocenters. The van der Waals surface area contributed by atoms with E-state index in [1.54, 1.807) is 6.20 Å². The summed E-state index contributed by atoms with van der Waals surface area (Å²) in [7, 11) is 3.06. The van der Waals surface area contributed by atoms with E-state index in [9.17, 15) is 9.90 Å². The van der Waals surface area contributed by atoms with Crippen LogP contribution in [0.1, 0.15) is 86.3 Å². The van der Waals surface area contributed by atoms with Gasteiger partial charge in [-0.3, -0.25) is 14.7 Å². The molecular weight excluding hydrogens is 455 g/mol. The lowest BCUT2D eigenvalue weighted by Crippen LogP contribution is -2.34. The van der Waals surface area contributed by atoms with Crippen LogP contribution >= 0.6 is 9.24 Å². The van der Waals surface area contributed by atoms with Crippen LogP contribution in [0.3, 0.4) is 0 Å². The fourth-order valence-electron chi connectivity index (χ4n) is 5.84. The molecule has 4 heterocycles. The Balaban J connectivity index is 1.12. The Morgan fingerprint density at radius 3 is 2.89 bits per heavy atom. The molecule has 35 heavy (non-hydrogen) atoms. The van der Waals surface area contributed by atoms with Crippen molar-refractivity contribution >= 4 is 21.0 Å². The van der Waals surface area contributed by atoms with Crippen molar-refractivity contribution in [1.82, 2.24) is 14.9 Å². The number of nitrogens with one attached hydrogen (secondary N) is 1. The number of aliphatic carboxylic acids is 1. The predicted octanol–water partition coefficient (Wildman–Crippen LogP) is 5.20. The molecule has 2 aromatic heterocycles. The van der Waals surface area contributed by atoms with Gasteiger partial charge in [-0.05, 0) is 94.1 Å². The maximum atomic E-state index is 12.3. The summed E-state index contributed by atoms with van der Waals surface area (Å²) < 4.78 is 0. The van der Waals surface area contributed by atoms with Crippen molar-refractivity contribution < 1.29 is 9.90 Å². The van der Waals surface area contributed by atoms with Crippen LogP contribution in [0.2, 0.25) is 0 Å². The second-order valence-corrected chi connectivity index (χ2v) is 11.7. The maximum absolute atomic E-state index is 12.3. The Hall–Kier alpha value is -2.04. The van der Waals surface area contributed by atoms with E-state index < -0.39 is 12.0 Å². The number of carbonyl (C=O) groups is 1. The third-order valence-corrected chi connectivity index (χ3v) is 8.95. The molecule has 1 saturated carbocycles. The van der Waals surface area contributed by atoms with Crippen LogP contribution in [0.4, 0.5) is 5.82 Å². The van der Waals surface area contributed by atoms with Crippen LogP contribution in [0.15, 0.2) is 30.5 Å². The molecule has 0 spiro atoms. The third kappa shape index (κ3) is 5.86. The first-order chi connectivity index (χ1) is 17.0. The van der Waals surface area contributed by atoms with Crippen molar-refractivity contribution in [2.24, 2.45) is 5.92 Å². The van der Waals surface area contributed by atoms with Crippen molar-refractivity contribution in [2.45, 2.75) is 88.4 Å². The number of hydrogen-bond acceptors (Lipinski definition) is 5. The molecule has 2 fully saturated rings. The molecule has 0 aromatic carbocycles. The van der Waals surface area contributed by atoms with Gasteiger partial charge in [-0.15, -0.1) is 9.24 Å². The molecule has 0 amide bonds. The Kier molecular flexibility index (Phi) is 7.69. The van der Waals surface area contributed by atoms with E-state index in [-0.39, 0.29) is 0 Å². The predicted molar refractivity (Wildman–Crippen MR) is 143 cm³/mol. The normalized spacial score (nSPS) is 23.9. The standard InChI is InChI=1S/C28H39N4O2P/c1-18-8-9-20-12-13-22(31-27(20)30-18)5-2-3-7-24(35)21-14-16-32(17-21)26(28(33)34)23-6-4-15-29-25(23)19-10-11-19/h4,6,12-13,15,18-19,21,24,26H,2-3,5,7-11,14,16-17,35H2,1H3,(H,30,31)(H,33,34)/t18-,21?,24?,26-/m0/s1. The van der Waals surface area contributed by atoms with E-state index in [1.807, 2.05) is 12.1 Å². The summed E-state index contributed by atoms with van der Waals surface area (Å²) in [5.41, 5.74) is 4.96. The minimum Gasteiger partial charge on any atom is -0.480 e. The summed E-state index contributed by atoms with van der Waals surface area (Å²) in [5, 5.41) is 13.7. The number of aromatic nitrogens is 2. The van der Waals surface area contributed by atoms with Gasteiger partial charge in [0, 0.05) is 41.7 Å². The highest BCUT2D eigenvalue weighted by molar-refractivity contribution is 7.17. The van der Waals surface area contributed by atoms with Crippen LogP contribution in [0.25, 0.3) is 0 Å². The number of nitrogens with zero attached hydrogens (tertiary/aromatic N) is 3. The van der Waals surface area contributed by atoms with Crippen LogP contribution < -0.4 is 5.32 Å². The lowest BCUT2D eigenvalue weighted by Gasteiger charge is -2.27. The van der Waals surface area contributed by atoms with Gasteiger partial charge in [0.05, 0.1) is 0 Å². The first-order valence-corrected chi connectivity index (χ1v) is 14.1. The zero-order valence-corrected chi connectivity index (χ0v) is 22.0. The average molecular weight is 495 g/mol. The molecule has 2 aliphatic heterocycles. The number of carboxylic acid groups (broad SMARTS) is 1. The molecule has 7 heteroatoms. The van der Waals surface area contributed by atoms with Gasteiger partial charge in [-0.2, -0.15) is 0 Å². The number of rotatable bonds is 10. The monoisotopic (exact) mass is 494 g/mol. The lowest BCUT2D eigenvalue weighted by molar-refractivity contribution is -0.143. The van der Waals surface area contributed by atoms with Gasteiger partial charge >= 0.3 is 5.97 Å². The van der Waals surface area contributed by atoms with E-state index in [0.29, 0.717) is 23.5 Å². The Morgan fingerprint density at radius 2 is 2.09 bits per heavy atom. The molecule has 5 rings (SSSR count). The number of hydrogen-bond donors (Lipinski definition) is 2. The molecule has 2 aromatic rings. The quantitative estimate of drug-likeness (QED) is 0.349. The number of unbranched alkanes of at least 4 members (excludes halogenated alkanes) is 1. The van der Waals surface area contributed by atoms with Crippen molar-refractivity contribution in [3.63, 3.8) is 0 Å². The molecular formula is C28H39N4O2P. The van der Waals surface area contributed by atoms with Gasteiger partial charge in [0.1, 0.15) is 11.9 Å². The largest absolute Gasteiger partial charge is 0.480 e. The van der Waals surface area contributed by atoms with E-state index in [2.05, 4.69) is 43.5 Å². The van der Waals surface area contributed by atoms with Crippen LogP contribution in [-0.4, -0.2) is 50.7 Å². The lowest BCUT2D eigenvalue weighted by atomic mass is 9.98. The zero-order valence-electron chi connectivity index (χ0n) is 20.8. The molecule has 188 valence electrons. The number of fused-ring (bicyclic) bond motifs is 1. The van der Waals surface area contributed by atoms with Gasteiger partial charge in [0.15, 0.2) is 0 Å². The molecule has 0 bridgehead atoms. The van der Waals surface area contributed by atoms with Crippen molar-refractivity contribution in [3.05, 3.63) is 53.0 Å². The minimum absolute atomic E-state index is 0.449. The molecule has 6 nitrogen and oxygen atoms in total. The van der Waals surface area contributed by atoms with Crippen molar-refractivity contribution in [1.29, 1.82) is 0 Å². The van der Waals surface area contributed by atoms with Gasteiger partial charge < -0.3 is 10.4 Å². The summed E-state index contributed by atoms with van der Waals surface area (Å²) >= 11 is 0. The van der Waals surface area contributed by atoms with Crippen molar-refractivity contribution in [2.75, 3.05) is 18.4 Å². The first kappa shape index (κ1) is 24.6. The summed E-state index contributed by atoms with van der Waals surface area (Å²) in [6, 6.07) is 8.25. The Labute approximate surface area is 211 Å². The highest BCUT2D eigenvalue weighted by atomic mass is 31.0. The third-order valence-electron chi connectivity index (χ3n) is 8.08. The molecule has 5 atom stereocenters. The molecule has 0 radical (unpaired) electrons. The summed E-state index contributed by atoms with van der Waals surface area (Å²) in [4.78, 5) is 23.9. The van der Waals surface area contributed by atoms with Crippen LogP contribution in [0.5, 0.6) is 0 Å². The second-order valence-electron chi connectivity index (χ2n) is 10.8. The van der Waals surface area contributed by atoms with Gasteiger partial charge in [-0.25, -0.2) is 4.98 Å². The SMILES string of the molecule is C[C@H]1CCc2ccc(CCCCC(P)C3CCN([C@H](C(=O)O)c4cccnc4C4CC4)C3)nc2N1. The number of pyridine rings is 2. The topological polar surface area (TPSA) is 78.4 Å². The van der Waals surface area contributed by atoms with Crippen LogP contribution in [-0.2, 0) is 17.6 Å². The summed E-state index contributed by atoms with van der Waals surface area (Å²) in [6.07, 6.45) is 11.9. The number of likely N-dealkylation sites (tertiary alicyclic amines) is 1. The Morgan fingerprint density at radius 1 is 1.23 bits per heavy atom. The fourth-order valence-corrected chi connectivity index (χ4v) is 6.39. The molecule has 2 N–H and O–H groups in total. The molecule has 1 saturated heterocycles. The van der Waals surface area contributed by atoms with Crippen molar-refractivity contribution in [3.8, 4) is 0 Å². The van der Waals surface area contributed by atoms with E-state index in [0.717, 1.165) is 75.1 Å². The average Bonchev–Trinajstić information content (AvgIpc) is 3.59. The maximum Gasteiger partial charge on any atom is 0.325 e. The number of anilines is 1. The van der Waals surface area contributed by atoms with E-state index in [4.69, 9.17) is 4.98 Å². The minimum atomic E-state index is -0.748. The van der Waals surface area contributed by atoms with Crippen LogP contribution in [0, 0.1) is 5.92 Å². The smallest absolute Gasteiger partial charge is 0.325 e. The van der Waals surface area contributed by atoms with Gasteiger partial charge in [-0.1, -0.05) is 18.6 Å². The number of aryl methyl sites for hydroxylation is 2. The van der Waals surface area contributed by atoms with E-state index in [1.165, 1.54) is 24.1 Å². The highest BCUT2D eigenvalue weighted by Crippen LogP contribution is 2.43. The molecule has 1 aliphatic carbocycles. The fraction of sp³-hybridized carbons (Fsp3) is 0.607.